The third kappa shape index (κ3) is 2.62. The lowest BCUT2D eigenvalue weighted by Gasteiger charge is -2.00. The first-order valence-electron chi connectivity index (χ1n) is 3.68. The highest BCUT2D eigenvalue weighted by molar-refractivity contribution is 6.19. The Balaban J connectivity index is 2.99. The topological polar surface area (TPSA) is 59.1 Å². The number of aliphatic hydroxyl groups is 1. The van der Waals surface area contributed by atoms with E-state index in [-0.39, 0.29) is 12.5 Å². The highest BCUT2D eigenvalue weighted by Gasteiger charge is 1.98. The van der Waals surface area contributed by atoms with E-state index < -0.39 is 0 Å². The predicted molar refractivity (Wildman–Crippen MR) is 52.2 cm³/mol. The Hall–Kier alpha value is -1.24. The van der Waals surface area contributed by atoms with Crippen molar-refractivity contribution in [2.75, 3.05) is 11.6 Å². The van der Waals surface area contributed by atoms with Crippen LogP contribution in [0.25, 0.3) is 0 Å². The standard InChI is InChI=1S/C9H9ClN2O/c10-3-1-2-7-4-8(6-13)9(11)12-5-7/h4-5,13H,3,6H2,(H2,11,12). The van der Waals surface area contributed by atoms with Gasteiger partial charge < -0.3 is 10.8 Å². The molecule has 3 N–H and O–H groups in total. The summed E-state index contributed by atoms with van der Waals surface area (Å²) >= 11 is 5.39. The molecule has 68 valence electrons. The van der Waals surface area contributed by atoms with Crippen LogP contribution in [-0.4, -0.2) is 16.0 Å². The molecule has 0 aliphatic rings. The van der Waals surface area contributed by atoms with E-state index in [4.69, 9.17) is 22.4 Å². The average Bonchev–Trinajstić information content (AvgIpc) is 2.16. The lowest BCUT2D eigenvalue weighted by atomic mass is 10.2. The molecule has 1 rings (SSSR count). The molecule has 0 spiro atoms. The van der Waals surface area contributed by atoms with Crippen LogP contribution in [0.3, 0.4) is 0 Å². The molecule has 0 saturated carbocycles. The zero-order valence-corrected chi connectivity index (χ0v) is 7.67. The molecule has 13 heavy (non-hydrogen) atoms. The zero-order chi connectivity index (χ0) is 9.68. The first-order valence-corrected chi connectivity index (χ1v) is 4.21. The van der Waals surface area contributed by atoms with Gasteiger partial charge in [-0.25, -0.2) is 4.98 Å². The van der Waals surface area contributed by atoms with Crippen LogP contribution < -0.4 is 5.73 Å². The lowest BCUT2D eigenvalue weighted by molar-refractivity contribution is 0.282. The molecule has 0 aliphatic heterocycles. The van der Waals surface area contributed by atoms with E-state index in [2.05, 4.69) is 16.8 Å². The summed E-state index contributed by atoms with van der Waals surface area (Å²) in [5.41, 5.74) is 6.78. The van der Waals surface area contributed by atoms with Crippen LogP contribution in [0.2, 0.25) is 0 Å². The number of pyridine rings is 1. The monoisotopic (exact) mass is 196 g/mol. The van der Waals surface area contributed by atoms with Gasteiger partial charge in [0.25, 0.3) is 0 Å². The Labute approximate surface area is 81.5 Å². The molecular formula is C9H9ClN2O. The molecule has 0 radical (unpaired) electrons. The number of nitrogen functional groups attached to an aromatic ring is 1. The maximum atomic E-state index is 8.87. The second kappa shape index (κ2) is 4.70. The minimum atomic E-state index is -0.130. The number of nitrogens with zero attached hydrogens (tertiary/aromatic N) is 1. The van der Waals surface area contributed by atoms with Crippen molar-refractivity contribution in [3.8, 4) is 11.8 Å². The summed E-state index contributed by atoms with van der Waals surface area (Å²) in [4.78, 5) is 3.88. The fourth-order valence-corrected chi connectivity index (χ4v) is 0.918. The van der Waals surface area contributed by atoms with E-state index in [1.54, 1.807) is 12.3 Å². The van der Waals surface area contributed by atoms with Crippen molar-refractivity contribution in [2.45, 2.75) is 6.61 Å². The number of rotatable bonds is 1. The number of alkyl halides is 1. The molecule has 1 aromatic heterocycles. The molecule has 0 atom stereocenters. The molecule has 0 bridgehead atoms. The number of aliphatic hydroxyl groups excluding tert-OH is 1. The minimum absolute atomic E-state index is 0.130. The van der Waals surface area contributed by atoms with Gasteiger partial charge in [0.1, 0.15) is 5.82 Å². The Kier molecular flexibility index (Phi) is 3.56. The van der Waals surface area contributed by atoms with E-state index in [1.807, 2.05) is 0 Å². The lowest BCUT2D eigenvalue weighted by Crippen LogP contribution is -1.98. The summed E-state index contributed by atoms with van der Waals surface area (Å²) in [5, 5.41) is 8.87. The Bertz CT molecular complexity index is 354. The minimum Gasteiger partial charge on any atom is -0.392 e. The molecule has 1 heterocycles. The van der Waals surface area contributed by atoms with Crippen LogP contribution in [0.15, 0.2) is 12.3 Å². The van der Waals surface area contributed by atoms with Crippen molar-refractivity contribution in [2.24, 2.45) is 0 Å². The molecule has 0 amide bonds. The van der Waals surface area contributed by atoms with Gasteiger partial charge in [0, 0.05) is 17.3 Å². The second-order valence-corrected chi connectivity index (χ2v) is 2.63. The number of hydrogen-bond donors (Lipinski definition) is 2. The fourth-order valence-electron chi connectivity index (χ4n) is 0.851. The average molecular weight is 197 g/mol. The maximum absolute atomic E-state index is 8.87. The largest absolute Gasteiger partial charge is 0.392 e. The molecule has 0 aromatic carbocycles. The summed E-state index contributed by atoms with van der Waals surface area (Å²) in [7, 11) is 0. The SMILES string of the molecule is Nc1ncc(C#CCCl)cc1CO. The Morgan fingerprint density at radius 3 is 3.00 bits per heavy atom. The van der Waals surface area contributed by atoms with Crippen molar-refractivity contribution in [1.82, 2.24) is 4.98 Å². The van der Waals surface area contributed by atoms with Gasteiger partial charge in [0.15, 0.2) is 0 Å². The van der Waals surface area contributed by atoms with Gasteiger partial charge >= 0.3 is 0 Å². The fraction of sp³-hybridized carbons (Fsp3) is 0.222. The van der Waals surface area contributed by atoms with Gasteiger partial charge in [-0.05, 0) is 6.07 Å². The number of anilines is 1. The van der Waals surface area contributed by atoms with E-state index in [0.717, 1.165) is 0 Å². The summed E-state index contributed by atoms with van der Waals surface area (Å²) in [5.74, 6) is 6.08. The van der Waals surface area contributed by atoms with Crippen LogP contribution in [0.5, 0.6) is 0 Å². The van der Waals surface area contributed by atoms with Crippen molar-refractivity contribution in [3.63, 3.8) is 0 Å². The molecule has 0 aliphatic carbocycles. The highest BCUT2D eigenvalue weighted by Crippen LogP contribution is 2.09. The quantitative estimate of drug-likeness (QED) is 0.515. The van der Waals surface area contributed by atoms with Crippen molar-refractivity contribution >= 4 is 17.4 Å². The molecule has 0 fully saturated rings. The molecule has 4 heteroatoms. The number of hydrogen-bond acceptors (Lipinski definition) is 3. The summed E-state index contributed by atoms with van der Waals surface area (Å²) in [6.07, 6.45) is 1.55. The molecule has 0 unspecified atom stereocenters. The first-order chi connectivity index (χ1) is 6.27. The van der Waals surface area contributed by atoms with Gasteiger partial charge in [0.05, 0.1) is 12.5 Å². The maximum Gasteiger partial charge on any atom is 0.128 e. The number of nitrogens with two attached hydrogens (primary N) is 1. The van der Waals surface area contributed by atoms with Gasteiger partial charge in [-0.3, -0.25) is 0 Å². The van der Waals surface area contributed by atoms with Crippen LogP contribution in [0.4, 0.5) is 5.82 Å². The number of aromatic nitrogens is 1. The van der Waals surface area contributed by atoms with Crippen LogP contribution in [-0.2, 0) is 6.61 Å². The zero-order valence-electron chi connectivity index (χ0n) is 6.92. The van der Waals surface area contributed by atoms with Crippen molar-refractivity contribution in [3.05, 3.63) is 23.4 Å². The summed E-state index contributed by atoms with van der Waals surface area (Å²) in [6.45, 7) is -0.130. The van der Waals surface area contributed by atoms with Crippen LogP contribution in [0, 0.1) is 11.8 Å². The van der Waals surface area contributed by atoms with E-state index >= 15 is 0 Å². The molecule has 0 saturated heterocycles. The molecule has 3 nitrogen and oxygen atoms in total. The van der Waals surface area contributed by atoms with Gasteiger partial charge in [-0.2, -0.15) is 0 Å². The predicted octanol–water partition coefficient (Wildman–Crippen LogP) is 0.746. The molecule has 1 aromatic rings. The first kappa shape index (κ1) is 9.85. The summed E-state index contributed by atoms with van der Waals surface area (Å²) in [6, 6.07) is 1.70. The van der Waals surface area contributed by atoms with Crippen molar-refractivity contribution < 1.29 is 5.11 Å². The van der Waals surface area contributed by atoms with Gasteiger partial charge in [-0.1, -0.05) is 11.8 Å². The summed E-state index contributed by atoms with van der Waals surface area (Å²) < 4.78 is 0. The Morgan fingerprint density at radius 2 is 2.38 bits per heavy atom. The highest BCUT2D eigenvalue weighted by atomic mass is 35.5. The van der Waals surface area contributed by atoms with E-state index in [9.17, 15) is 0 Å². The third-order valence-corrected chi connectivity index (χ3v) is 1.60. The van der Waals surface area contributed by atoms with Crippen LogP contribution >= 0.6 is 11.6 Å². The third-order valence-electron chi connectivity index (χ3n) is 1.47. The second-order valence-electron chi connectivity index (χ2n) is 2.36. The number of halogens is 1. The van der Waals surface area contributed by atoms with E-state index in [0.29, 0.717) is 16.9 Å². The van der Waals surface area contributed by atoms with Gasteiger partial charge in [0.2, 0.25) is 0 Å². The van der Waals surface area contributed by atoms with Gasteiger partial charge in [-0.15, -0.1) is 11.6 Å². The Morgan fingerprint density at radius 1 is 1.62 bits per heavy atom. The smallest absolute Gasteiger partial charge is 0.128 e. The van der Waals surface area contributed by atoms with E-state index in [1.165, 1.54) is 0 Å². The van der Waals surface area contributed by atoms with Crippen molar-refractivity contribution in [1.29, 1.82) is 0 Å². The normalized spacial score (nSPS) is 9.08. The van der Waals surface area contributed by atoms with Crippen LogP contribution in [0.1, 0.15) is 11.1 Å². The molecular weight excluding hydrogens is 188 g/mol.